The number of hydrogen-bond acceptors (Lipinski definition) is 5. The van der Waals surface area contributed by atoms with Gasteiger partial charge in [-0.25, -0.2) is 9.97 Å². The van der Waals surface area contributed by atoms with E-state index >= 15 is 0 Å². The summed E-state index contributed by atoms with van der Waals surface area (Å²) < 4.78 is 1.12. The van der Waals surface area contributed by atoms with Crippen molar-refractivity contribution < 1.29 is 0 Å². The van der Waals surface area contributed by atoms with Gasteiger partial charge in [0.05, 0.1) is 6.54 Å². The first-order chi connectivity index (χ1) is 8.78. The van der Waals surface area contributed by atoms with Gasteiger partial charge in [-0.1, -0.05) is 6.92 Å². The molecule has 2 N–H and O–H groups in total. The summed E-state index contributed by atoms with van der Waals surface area (Å²) in [6, 6.07) is 4.04. The number of anilines is 2. The van der Waals surface area contributed by atoms with E-state index in [9.17, 15) is 0 Å². The topological polar surface area (TPSA) is 49.8 Å². The van der Waals surface area contributed by atoms with Crippen molar-refractivity contribution in [3.05, 3.63) is 33.2 Å². The van der Waals surface area contributed by atoms with E-state index in [4.69, 9.17) is 0 Å². The molecule has 4 nitrogen and oxygen atoms in total. The van der Waals surface area contributed by atoms with Gasteiger partial charge >= 0.3 is 0 Å². The molecule has 0 saturated heterocycles. The van der Waals surface area contributed by atoms with E-state index < -0.39 is 0 Å². The first kappa shape index (κ1) is 13.3. The average Bonchev–Trinajstić information content (AvgIpc) is 2.80. The third-order valence-electron chi connectivity index (χ3n) is 2.29. The highest BCUT2D eigenvalue weighted by Crippen LogP contribution is 2.20. The quantitative estimate of drug-likeness (QED) is 0.849. The molecule has 96 valence electrons. The van der Waals surface area contributed by atoms with E-state index in [0.29, 0.717) is 0 Å². The number of thiophene rings is 1. The fourth-order valence-corrected chi connectivity index (χ4v) is 2.82. The second kappa shape index (κ2) is 6.70. The predicted molar refractivity (Wildman–Crippen MR) is 80.2 cm³/mol. The Kier molecular flexibility index (Phi) is 4.95. The minimum Gasteiger partial charge on any atom is -0.370 e. The SMILES string of the molecule is CCCNc1cc(NCc2cc(Br)cs2)ncn1. The van der Waals surface area contributed by atoms with Crippen LogP contribution in [0.15, 0.2) is 28.3 Å². The highest BCUT2D eigenvalue weighted by atomic mass is 79.9. The lowest BCUT2D eigenvalue weighted by molar-refractivity contribution is 0.963. The van der Waals surface area contributed by atoms with Crippen molar-refractivity contribution in [1.29, 1.82) is 0 Å². The van der Waals surface area contributed by atoms with Crippen molar-refractivity contribution in [2.24, 2.45) is 0 Å². The lowest BCUT2D eigenvalue weighted by atomic mass is 10.4. The maximum absolute atomic E-state index is 4.20. The van der Waals surface area contributed by atoms with Crippen LogP contribution in [-0.2, 0) is 6.54 Å². The van der Waals surface area contributed by atoms with Crippen LogP contribution in [-0.4, -0.2) is 16.5 Å². The minimum atomic E-state index is 0.778. The minimum absolute atomic E-state index is 0.778. The first-order valence-corrected chi connectivity index (χ1v) is 7.48. The fraction of sp³-hybridized carbons (Fsp3) is 0.333. The predicted octanol–water partition coefficient (Wildman–Crippen LogP) is 3.73. The van der Waals surface area contributed by atoms with Crippen molar-refractivity contribution in [2.45, 2.75) is 19.9 Å². The second-order valence-corrected chi connectivity index (χ2v) is 5.71. The van der Waals surface area contributed by atoms with Crippen LogP contribution >= 0.6 is 27.3 Å². The van der Waals surface area contributed by atoms with Gasteiger partial charge in [-0.15, -0.1) is 11.3 Å². The van der Waals surface area contributed by atoms with E-state index in [-0.39, 0.29) is 0 Å². The van der Waals surface area contributed by atoms with Crippen molar-refractivity contribution in [1.82, 2.24) is 9.97 Å². The molecule has 18 heavy (non-hydrogen) atoms. The summed E-state index contributed by atoms with van der Waals surface area (Å²) in [4.78, 5) is 9.64. The number of nitrogens with zero attached hydrogens (tertiary/aromatic N) is 2. The molecule has 0 spiro atoms. The Morgan fingerprint density at radius 3 is 2.67 bits per heavy atom. The van der Waals surface area contributed by atoms with Crippen molar-refractivity contribution in [3.63, 3.8) is 0 Å². The van der Waals surface area contributed by atoms with Crippen molar-refractivity contribution in [3.8, 4) is 0 Å². The Morgan fingerprint density at radius 1 is 1.22 bits per heavy atom. The molecule has 6 heteroatoms. The van der Waals surface area contributed by atoms with Gasteiger partial charge in [0.1, 0.15) is 18.0 Å². The van der Waals surface area contributed by atoms with Gasteiger partial charge in [0.25, 0.3) is 0 Å². The molecule has 0 aliphatic carbocycles. The zero-order chi connectivity index (χ0) is 12.8. The van der Waals surface area contributed by atoms with Crippen LogP contribution in [0.3, 0.4) is 0 Å². The van der Waals surface area contributed by atoms with Crippen LogP contribution in [0.2, 0.25) is 0 Å². The number of nitrogens with one attached hydrogen (secondary N) is 2. The summed E-state index contributed by atoms with van der Waals surface area (Å²) in [6.07, 6.45) is 2.65. The molecule has 0 bridgehead atoms. The molecule has 0 fully saturated rings. The number of rotatable bonds is 6. The molecule has 2 aromatic rings. The summed E-state index contributed by atoms with van der Waals surface area (Å²) in [6.45, 7) is 3.83. The van der Waals surface area contributed by atoms with Gasteiger partial charge in [0.2, 0.25) is 0 Å². The summed E-state index contributed by atoms with van der Waals surface area (Å²) >= 11 is 5.16. The highest BCUT2D eigenvalue weighted by Gasteiger charge is 2.00. The normalized spacial score (nSPS) is 10.3. The molecule has 0 amide bonds. The Labute approximate surface area is 119 Å². The lowest BCUT2D eigenvalue weighted by Gasteiger charge is -2.07. The number of hydrogen-bond donors (Lipinski definition) is 2. The summed E-state index contributed by atoms with van der Waals surface area (Å²) in [5.74, 6) is 1.70. The summed E-state index contributed by atoms with van der Waals surface area (Å²) in [5.41, 5.74) is 0. The highest BCUT2D eigenvalue weighted by molar-refractivity contribution is 9.10. The Morgan fingerprint density at radius 2 is 2.00 bits per heavy atom. The Hall–Kier alpha value is -1.14. The number of aromatic nitrogens is 2. The molecular formula is C12H15BrN4S. The van der Waals surface area contributed by atoms with E-state index in [1.54, 1.807) is 17.7 Å². The third kappa shape index (κ3) is 3.96. The molecular weight excluding hydrogens is 312 g/mol. The van der Waals surface area contributed by atoms with E-state index in [0.717, 1.165) is 35.6 Å². The van der Waals surface area contributed by atoms with Gasteiger partial charge < -0.3 is 10.6 Å². The van der Waals surface area contributed by atoms with Crippen LogP contribution in [0.1, 0.15) is 18.2 Å². The van der Waals surface area contributed by atoms with Crippen LogP contribution in [0.4, 0.5) is 11.6 Å². The van der Waals surface area contributed by atoms with Gasteiger partial charge in [-0.05, 0) is 28.4 Å². The largest absolute Gasteiger partial charge is 0.370 e. The second-order valence-electron chi connectivity index (χ2n) is 3.80. The molecule has 2 aromatic heterocycles. The molecule has 2 rings (SSSR count). The van der Waals surface area contributed by atoms with Crippen LogP contribution in [0.25, 0.3) is 0 Å². The van der Waals surface area contributed by atoms with Crippen LogP contribution in [0, 0.1) is 0 Å². The monoisotopic (exact) mass is 326 g/mol. The molecule has 0 aliphatic heterocycles. The fourth-order valence-electron chi connectivity index (χ4n) is 1.43. The lowest BCUT2D eigenvalue weighted by Crippen LogP contribution is -2.05. The Balaban J connectivity index is 1.92. The van der Waals surface area contributed by atoms with E-state index in [1.807, 2.05) is 6.07 Å². The summed E-state index contributed by atoms with van der Waals surface area (Å²) in [7, 11) is 0. The molecule has 0 atom stereocenters. The maximum Gasteiger partial charge on any atom is 0.131 e. The first-order valence-electron chi connectivity index (χ1n) is 5.80. The van der Waals surface area contributed by atoms with Gasteiger partial charge in [0.15, 0.2) is 0 Å². The summed E-state index contributed by atoms with van der Waals surface area (Å²) in [5, 5.41) is 8.61. The smallest absolute Gasteiger partial charge is 0.131 e. The zero-order valence-electron chi connectivity index (χ0n) is 10.1. The average molecular weight is 327 g/mol. The Bertz CT molecular complexity index is 500. The molecule has 0 unspecified atom stereocenters. The number of halogens is 1. The standard InChI is InChI=1S/C12H15BrN4S/c1-2-3-14-11-5-12(17-8-16-11)15-6-10-4-9(13)7-18-10/h4-5,7-8H,2-3,6H2,1H3,(H2,14,15,16,17). The molecule has 0 aromatic carbocycles. The zero-order valence-corrected chi connectivity index (χ0v) is 12.5. The van der Waals surface area contributed by atoms with Crippen LogP contribution in [0.5, 0.6) is 0 Å². The van der Waals surface area contributed by atoms with Crippen LogP contribution < -0.4 is 10.6 Å². The molecule has 0 aliphatic rings. The molecule has 0 radical (unpaired) electrons. The van der Waals surface area contributed by atoms with Gasteiger partial charge in [0, 0.05) is 27.3 Å². The maximum atomic E-state index is 4.20. The van der Waals surface area contributed by atoms with Gasteiger partial charge in [-0.3, -0.25) is 0 Å². The molecule has 0 saturated carbocycles. The van der Waals surface area contributed by atoms with Gasteiger partial charge in [-0.2, -0.15) is 0 Å². The van der Waals surface area contributed by atoms with E-state index in [2.05, 4.69) is 54.9 Å². The third-order valence-corrected chi connectivity index (χ3v) is 3.99. The molecule has 2 heterocycles. The van der Waals surface area contributed by atoms with Crippen molar-refractivity contribution >= 4 is 38.9 Å². The van der Waals surface area contributed by atoms with Crippen molar-refractivity contribution in [2.75, 3.05) is 17.2 Å². The van der Waals surface area contributed by atoms with E-state index in [1.165, 1.54) is 4.88 Å².